The lowest BCUT2D eigenvalue weighted by atomic mass is 9.84. The molecule has 0 saturated heterocycles. The van der Waals surface area contributed by atoms with Crippen LogP contribution in [0.25, 0.3) is 74.7 Å². The molecule has 0 aliphatic carbocycles. The maximum absolute atomic E-state index is 8.04. The second kappa shape index (κ2) is 9.05. The first kappa shape index (κ1) is 22.4. The first-order valence-corrected chi connectivity index (χ1v) is 14.8. The lowest BCUT2D eigenvalue weighted by Gasteiger charge is -2.18. The van der Waals surface area contributed by atoms with Crippen molar-refractivity contribution in [1.82, 2.24) is 0 Å². The van der Waals surface area contributed by atoms with Crippen molar-refractivity contribution in [3.8, 4) is 22.3 Å². The maximum Gasteiger partial charge on any atom is 0.0623 e. The van der Waals surface area contributed by atoms with E-state index in [2.05, 4.69) is 123 Å². The molecule has 0 aliphatic rings. The van der Waals surface area contributed by atoms with Gasteiger partial charge in [0.1, 0.15) is 0 Å². The number of hydrogen-bond donors (Lipinski definition) is 0. The minimum absolute atomic E-state index is 0.508. The van der Waals surface area contributed by atoms with Crippen molar-refractivity contribution in [2.45, 2.75) is 19.8 Å². The van der Waals surface area contributed by atoms with Gasteiger partial charge in [0.2, 0.25) is 0 Å². The maximum atomic E-state index is 8.04. The van der Waals surface area contributed by atoms with E-state index in [1.165, 1.54) is 69.5 Å². The fourth-order valence-electron chi connectivity index (χ4n) is 6.42. The molecule has 0 spiro atoms. The number of thiophene rings is 1. The smallest absolute Gasteiger partial charge is 0.0623 e. The summed E-state index contributed by atoms with van der Waals surface area (Å²) in [5.74, 6) is 0.508. The largest absolute Gasteiger partial charge is 0.135 e. The summed E-state index contributed by atoms with van der Waals surface area (Å²) in [5.41, 5.74) is 6.46. The zero-order valence-electron chi connectivity index (χ0n) is 23.5. The van der Waals surface area contributed by atoms with Crippen LogP contribution in [0.4, 0.5) is 0 Å². The third kappa shape index (κ3) is 3.51. The Labute approximate surface area is 239 Å². The van der Waals surface area contributed by atoms with Crippen LogP contribution in [0.15, 0.2) is 127 Å². The Bertz CT molecular complexity index is 2250. The van der Waals surface area contributed by atoms with Gasteiger partial charge in [-0.3, -0.25) is 0 Å². The summed E-state index contributed by atoms with van der Waals surface area (Å²) in [7, 11) is 0. The molecule has 0 unspecified atom stereocenters. The predicted molar refractivity (Wildman–Crippen MR) is 177 cm³/mol. The standard InChI is InChI=1S/C39H28S/c1-24(2)26-20-21-33-36(23-26)40-35-17-9-16-34(39(33)35)38-31-14-7-5-12-29(31)37(30-13-6-8-15-32(30)38)28-19-18-25-10-3-4-11-27(25)22-28/h3-24H,1-2H3/i3D. The minimum Gasteiger partial charge on any atom is -0.135 e. The van der Waals surface area contributed by atoms with Gasteiger partial charge >= 0.3 is 0 Å². The fourth-order valence-corrected chi connectivity index (χ4v) is 7.60. The van der Waals surface area contributed by atoms with Crippen LogP contribution in [-0.4, -0.2) is 0 Å². The molecule has 0 aliphatic heterocycles. The number of hydrogen-bond acceptors (Lipinski definition) is 1. The highest BCUT2D eigenvalue weighted by atomic mass is 32.1. The highest BCUT2D eigenvalue weighted by Gasteiger charge is 2.19. The van der Waals surface area contributed by atoms with Crippen molar-refractivity contribution < 1.29 is 1.37 Å². The van der Waals surface area contributed by atoms with Crippen molar-refractivity contribution in [1.29, 1.82) is 0 Å². The summed E-state index contributed by atoms with van der Waals surface area (Å²) in [6.07, 6.45) is 0. The van der Waals surface area contributed by atoms with E-state index in [-0.39, 0.29) is 0 Å². The number of rotatable bonds is 3. The Hall–Kier alpha value is -4.46. The summed E-state index contributed by atoms with van der Waals surface area (Å²) in [4.78, 5) is 0. The number of benzene rings is 7. The van der Waals surface area contributed by atoms with Crippen LogP contribution < -0.4 is 0 Å². The average molecular weight is 530 g/mol. The molecular weight excluding hydrogens is 500 g/mol. The molecule has 0 N–H and O–H groups in total. The summed E-state index contributed by atoms with van der Waals surface area (Å²) >= 11 is 1.90. The van der Waals surface area contributed by atoms with Gasteiger partial charge in [-0.25, -0.2) is 0 Å². The molecule has 0 bridgehead atoms. The molecule has 190 valence electrons. The third-order valence-corrected chi connectivity index (χ3v) is 9.48. The van der Waals surface area contributed by atoms with E-state index < -0.39 is 0 Å². The van der Waals surface area contributed by atoms with Crippen molar-refractivity contribution in [2.75, 3.05) is 0 Å². The molecule has 1 heteroatoms. The molecule has 0 nitrogen and oxygen atoms in total. The molecule has 0 atom stereocenters. The van der Waals surface area contributed by atoms with Gasteiger partial charge in [0, 0.05) is 20.2 Å². The van der Waals surface area contributed by atoms with Crippen molar-refractivity contribution >= 4 is 63.8 Å². The van der Waals surface area contributed by atoms with E-state index in [1.807, 2.05) is 23.5 Å². The fraction of sp³-hybridized carbons (Fsp3) is 0.0769. The van der Waals surface area contributed by atoms with E-state index in [4.69, 9.17) is 1.37 Å². The van der Waals surface area contributed by atoms with Gasteiger partial charge in [-0.2, -0.15) is 0 Å². The van der Waals surface area contributed by atoms with E-state index in [9.17, 15) is 0 Å². The molecule has 1 heterocycles. The monoisotopic (exact) mass is 529 g/mol. The van der Waals surface area contributed by atoms with Gasteiger partial charge in [0.25, 0.3) is 0 Å². The number of fused-ring (bicyclic) bond motifs is 6. The molecule has 1 aromatic heterocycles. The highest BCUT2D eigenvalue weighted by molar-refractivity contribution is 7.26. The lowest BCUT2D eigenvalue weighted by Crippen LogP contribution is -1.91. The predicted octanol–water partition coefficient (Wildman–Crippen LogP) is 12.0. The van der Waals surface area contributed by atoms with Crippen LogP contribution in [0.2, 0.25) is 0 Å². The van der Waals surface area contributed by atoms with E-state index in [1.54, 1.807) is 0 Å². The van der Waals surface area contributed by atoms with Crippen molar-refractivity contribution in [2.24, 2.45) is 0 Å². The normalized spacial score (nSPS) is 12.3. The molecule has 8 rings (SSSR count). The SMILES string of the molecule is [2H]c1ccc2cc(-c3c4ccccc4c(-c4cccc5sc6cc(C(C)C)ccc6c45)c4ccccc34)ccc2c1. The zero-order chi connectivity index (χ0) is 27.7. The zero-order valence-corrected chi connectivity index (χ0v) is 23.3. The highest BCUT2D eigenvalue weighted by Crippen LogP contribution is 2.48. The third-order valence-electron chi connectivity index (χ3n) is 8.36. The Morgan fingerprint density at radius 1 is 0.550 bits per heavy atom. The van der Waals surface area contributed by atoms with Crippen LogP contribution in [0.5, 0.6) is 0 Å². The quantitative estimate of drug-likeness (QED) is 0.200. The van der Waals surface area contributed by atoms with Gasteiger partial charge in [-0.05, 0) is 84.3 Å². The van der Waals surface area contributed by atoms with Gasteiger partial charge in [-0.15, -0.1) is 11.3 Å². The molecule has 0 amide bonds. The molecule has 7 aromatic carbocycles. The van der Waals surface area contributed by atoms with Crippen LogP contribution in [-0.2, 0) is 0 Å². The Balaban J connectivity index is 1.48. The lowest BCUT2D eigenvalue weighted by molar-refractivity contribution is 0.869. The molecular formula is C39H28S. The van der Waals surface area contributed by atoms with E-state index >= 15 is 0 Å². The molecule has 40 heavy (non-hydrogen) atoms. The second-order valence-electron chi connectivity index (χ2n) is 11.0. The topological polar surface area (TPSA) is 0 Å². The van der Waals surface area contributed by atoms with Gasteiger partial charge in [0.15, 0.2) is 0 Å². The Morgan fingerprint density at radius 2 is 1.27 bits per heavy atom. The summed E-state index contributed by atoms with van der Waals surface area (Å²) in [5, 5.41) is 10.0. The summed E-state index contributed by atoms with van der Waals surface area (Å²) in [6.45, 7) is 4.53. The Morgan fingerprint density at radius 3 is 2.00 bits per heavy atom. The first-order valence-electron chi connectivity index (χ1n) is 14.5. The van der Waals surface area contributed by atoms with Gasteiger partial charge in [-0.1, -0.05) is 123 Å². The van der Waals surface area contributed by atoms with E-state index in [0.717, 1.165) is 10.8 Å². The van der Waals surface area contributed by atoms with Crippen molar-refractivity contribution in [3.63, 3.8) is 0 Å². The van der Waals surface area contributed by atoms with Crippen LogP contribution in [0.1, 0.15) is 26.7 Å². The van der Waals surface area contributed by atoms with Gasteiger partial charge < -0.3 is 0 Å². The van der Waals surface area contributed by atoms with Crippen molar-refractivity contribution in [3.05, 3.63) is 133 Å². The second-order valence-corrected chi connectivity index (χ2v) is 12.1. The Kier molecular flexibility index (Phi) is 5.06. The van der Waals surface area contributed by atoms with Crippen LogP contribution >= 0.6 is 11.3 Å². The van der Waals surface area contributed by atoms with E-state index in [0.29, 0.717) is 12.0 Å². The molecule has 8 aromatic rings. The molecule has 0 saturated carbocycles. The molecule has 0 radical (unpaired) electrons. The first-order chi connectivity index (χ1) is 20.1. The van der Waals surface area contributed by atoms with Crippen LogP contribution in [0, 0.1) is 0 Å². The average Bonchev–Trinajstić information content (AvgIpc) is 3.38. The summed E-state index contributed by atoms with van der Waals surface area (Å²) in [6, 6.07) is 44.7. The van der Waals surface area contributed by atoms with Gasteiger partial charge in [0.05, 0.1) is 1.37 Å². The molecule has 0 fully saturated rings. The van der Waals surface area contributed by atoms with Crippen LogP contribution in [0.3, 0.4) is 0 Å². The minimum atomic E-state index is 0.508. The summed E-state index contributed by atoms with van der Waals surface area (Å²) < 4.78 is 10.7.